The second kappa shape index (κ2) is 5.68. The lowest BCUT2D eigenvalue weighted by Gasteiger charge is -2.19. The van der Waals surface area contributed by atoms with Crippen molar-refractivity contribution in [3.8, 4) is 0 Å². The van der Waals surface area contributed by atoms with E-state index in [-0.39, 0.29) is 5.28 Å². The van der Waals surface area contributed by atoms with Crippen molar-refractivity contribution in [2.24, 2.45) is 0 Å². The van der Waals surface area contributed by atoms with E-state index in [1.165, 1.54) is 4.88 Å². The molecule has 0 unspecified atom stereocenters. The van der Waals surface area contributed by atoms with Gasteiger partial charge in [-0.05, 0) is 45.7 Å². The van der Waals surface area contributed by atoms with Gasteiger partial charge in [0, 0.05) is 27.2 Å². The van der Waals surface area contributed by atoms with Gasteiger partial charge in [0.1, 0.15) is 5.82 Å². The number of fused-ring (bicyclic) bond motifs is 1. The number of para-hydroxylation sites is 1. The Morgan fingerprint density at radius 3 is 2.85 bits per heavy atom. The quantitative estimate of drug-likeness (QED) is 0.625. The fourth-order valence-corrected chi connectivity index (χ4v) is 3.74. The predicted octanol–water partition coefficient (Wildman–Crippen LogP) is 4.74. The van der Waals surface area contributed by atoms with Crippen molar-refractivity contribution in [2.75, 3.05) is 11.9 Å². The Balaban J connectivity index is 2.00. The van der Waals surface area contributed by atoms with Crippen LogP contribution in [0, 0.1) is 0 Å². The third-order valence-electron chi connectivity index (χ3n) is 2.93. The second-order valence-corrected chi connectivity index (χ2v) is 6.67. The van der Waals surface area contributed by atoms with Crippen molar-refractivity contribution in [2.45, 2.75) is 6.54 Å². The minimum atomic E-state index is 0.276. The van der Waals surface area contributed by atoms with Crippen LogP contribution in [0.3, 0.4) is 0 Å². The molecule has 0 fully saturated rings. The van der Waals surface area contributed by atoms with Crippen LogP contribution in [0.1, 0.15) is 4.88 Å². The van der Waals surface area contributed by atoms with E-state index in [9.17, 15) is 0 Å². The van der Waals surface area contributed by atoms with Gasteiger partial charge in [0.25, 0.3) is 0 Å². The maximum atomic E-state index is 6.02. The number of benzene rings is 1. The van der Waals surface area contributed by atoms with Crippen molar-refractivity contribution in [1.29, 1.82) is 0 Å². The van der Waals surface area contributed by atoms with E-state index in [1.54, 1.807) is 11.3 Å². The molecule has 0 N–H and O–H groups in total. The maximum absolute atomic E-state index is 6.02. The van der Waals surface area contributed by atoms with Crippen molar-refractivity contribution in [3.63, 3.8) is 0 Å². The molecule has 0 aliphatic carbocycles. The van der Waals surface area contributed by atoms with E-state index in [1.807, 2.05) is 31.3 Å². The minimum absolute atomic E-state index is 0.276. The number of hydrogen-bond donors (Lipinski definition) is 0. The summed E-state index contributed by atoms with van der Waals surface area (Å²) in [5.74, 6) is 0.852. The smallest absolute Gasteiger partial charge is 0.224 e. The third-order valence-corrected chi connectivity index (χ3v) is 4.78. The molecule has 3 aromatic rings. The average molecular weight is 369 g/mol. The van der Waals surface area contributed by atoms with Crippen molar-refractivity contribution < 1.29 is 0 Å². The zero-order valence-corrected chi connectivity index (χ0v) is 13.8. The molecule has 102 valence electrons. The van der Waals surface area contributed by atoms with Crippen LogP contribution in [-0.2, 0) is 6.54 Å². The van der Waals surface area contributed by atoms with Gasteiger partial charge in [0.05, 0.1) is 12.1 Å². The summed E-state index contributed by atoms with van der Waals surface area (Å²) in [4.78, 5) is 12.0. The van der Waals surface area contributed by atoms with Crippen LogP contribution in [0.15, 0.2) is 40.2 Å². The first kappa shape index (κ1) is 13.8. The summed E-state index contributed by atoms with van der Waals surface area (Å²) < 4.78 is 1.11. The van der Waals surface area contributed by atoms with Crippen LogP contribution in [0.4, 0.5) is 5.82 Å². The molecule has 3 rings (SSSR count). The van der Waals surface area contributed by atoms with Gasteiger partial charge in [-0.2, -0.15) is 4.98 Å². The van der Waals surface area contributed by atoms with Crippen molar-refractivity contribution >= 4 is 55.6 Å². The summed E-state index contributed by atoms with van der Waals surface area (Å²) in [5, 5.41) is 3.36. The molecule has 0 saturated carbocycles. The molecule has 0 radical (unpaired) electrons. The van der Waals surface area contributed by atoms with Gasteiger partial charge in [-0.25, -0.2) is 4.98 Å². The monoisotopic (exact) mass is 367 g/mol. The number of hydrogen-bond acceptors (Lipinski definition) is 4. The first-order valence-corrected chi connectivity index (χ1v) is 8.05. The van der Waals surface area contributed by atoms with Crippen LogP contribution in [0.2, 0.25) is 5.28 Å². The Labute approximate surface area is 134 Å². The molecule has 0 atom stereocenters. The van der Waals surface area contributed by atoms with Gasteiger partial charge in [0.15, 0.2) is 0 Å². The third kappa shape index (κ3) is 2.80. The number of halogens is 2. The van der Waals surface area contributed by atoms with Crippen LogP contribution >= 0.6 is 38.9 Å². The molecule has 2 aromatic heterocycles. The number of aromatic nitrogens is 2. The molecule has 0 spiro atoms. The Morgan fingerprint density at radius 2 is 2.10 bits per heavy atom. The Kier molecular flexibility index (Phi) is 3.92. The highest BCUT2D eigenvalue weighted by Gasteiger charge is 2.11. The summed E-state index contributed by atoms with van der Waals surface area (Å²) in [6, 6.07) is 10.0. The average Bonchev–Trinajstić information content (AvgIpc) is 2.83. The Morgan fingerprint density at radius 1 is 1.30 bits per heavy atom. The van der Waals surface area contributed by atoms with Crippen LogP contribution in [0.5, 0.6) is 0 Å². The SMILES string of the molecule is CN(Cc1cc(Br)cs1)c1nc(Cl)nc2ccccc12. The highest BCUT2D eigenvalue weighted by Crippen LogP contribution is 2.27. The van der Waals surface area contributed by atoms with Gasteiger partial charge in [-0.15, -0.1) is 11.3 Å². The Hall–Kier alpha value is -1.17. The molecule has 3 nitrogen and oxygen atoms in total. The highest BCUT2D eigenvalue weighted by molar-refractivity contribution is 9.10. The first-order valence-electron chi connectivity index (χ1n) is 6.00. The molecular formula is C14H11BrClN3S. The van der Waals surface area contributed by atoms with Gasteiger partial charge in [-0.1, -0.05) is 12.1 Å². The maximum Gasteiger partial charge on any atom is 0.224 e. The molecule has 0 bridgehead atoms. The van der Waals surface area contributed by atoms with E-state index >= 15 is 0 Å². The largest absolute Gasteiger partial charge is 0.354 e. The van der Waals surface area contributed by atoms with Gasteiger partial charge in [0.2, 0.25) is 5.28 Å². The second-order valence-electron chi connectivity index (χ2n) is 4.42. The summed E-state index contributed by atoms with van der Waals surface area (Å²) in [6.45, 7) is 0.785. The van der Waals surface area contributed by atoms with Gasteiger partial charge >= 0.3 is 0 Å². The summed E-state index contributed by atoms with van der Waals surface area (Å²) >= 11 is 11.2. The van der Waals surface area contributed by atoms with E-state index in [0.29, 0.717) is 0 Å². The lowest BCUT2D eigenvalue weighted by molar-refractivity contribution is 0.914. The number of rotatable bonds is 3. The predicted molar refractivity (Wildman–Crippen MR) is 88.7 cm³/mol. The molecule has 2 heterocycles. The molecule has 6 heteroatoms. The van der Waals surface area contributed by atoms with E-state index < -0.39 is 0 Å². The fourth-order valence-electron chi connectivity index (χ4n) is 2.07. The Bertz CT molecular complexity index is 759. The molecule has 20 heavy (non-hydrogen) atoms. The van der Waals surface area contributed by atoms with E-state index in [4.69, 9.17) is 11.6 Å². The van der Waals surface area contributed by atoms with E-state index in [0.717, 1.165) is 27.7 Å². The van der Waals surface area contributed by atoms with Crippen LogP contribution in [0.25, 0.3) is 10.9 Å². The summed E-state index contributed by atoms with van der Waals surface area (Å²) in [7, 11) is 2.01. The summed E-state index contributed by atoms with van der Waals surface area (Å²) in [6.07, 6.45) is 0. The van der Waals surface area contributed by atoms with E-state index in [2.05, 4.69) is 42.2 Å². The standard InChI is InChI=1S/C14H11BrClN3S/c1-19(7-10-6-9(15)8-20-10)13-11-4-2-3-5-12(11)17-14(16)18-13/h2-6,8H,7H2,1H3. The van der Waals surface area contributed by atoms with Crippen LogP contribution in [-0.4, -0.2) is 17.0 Å². The molecule has 0 amide bonds. The number of anilines is 1. The molecular weight excluding hydrogens is 358 g/mol. The zero-order valence-electron chi connectivity index (χ0n) is 10.7. The number of thiophene rings is 1. The number of nitrogens with zero attached hydrogens (tertiary/aromatic N) is 3. The molecule has 0 aliphatic heterocycles. The molecule has 0 saturated heterocycles. The fraction of sp³-hybridized carbons (Fsp3) is 0.143. The zero-order chi connectivity index (χ0) is 14.1. The topological polar surface area (TPSA) is 29.0 Å². The molecule has 1 aromatic carbocycles. The lowest BCUT2D eigenvalue weighted by atomic mass is 10.2. The molecule has 0 aliphatic rings. The van der Waals surface area contributed by atoms with Crippen molar-refractivity contribution in [3.05, 3.63) is 50.3 Å². The van der Waals surface area contributed by atoms with Crippen LogP contribution < -0.4 is 4.90 Å². The lowest BCUT2D eigenvalue weighted by Crippen LogP contribution is -2.17. The van der Waals surface area contributed by atoms with Gasteiger partial charge < -0.3 is 4.90 Å². The summed E-state index contributed by atoms with van der Waals surface area (Å²) in [5.41, 5.74) is 0.863. The minimum Gasteiger partial charge on any atom is -0.354 e. The van der Waals surface area contributed by atoms with Crippen molar-refractivity contribution in [1.82, 2.24) is 9.97 Å². The van der Waals surface area contributed by atoms with Gasteiger partial charge in [-0.3, -0.25) is 0 Å². The highest BCUT2D eigenvalue weighted by atomic mass is 79.9. The normalized spacial score (nSPS) is 10.9. The first-order chi connectivity index (χ1) is 9.63.